The Bertz CT molecular complexity index is 97.0. The number of carbonyl (C=O) groups excluding carboxylic acids is 1. The average Bonchev–Trinajstić information content (AvgIpc) is 1.86. The molecule has 0 aliphatic heterocycles. The SMILES string of the molecule is CC(C)CC(C)CCCC=O. The van der Waals surface area contributed by atoms with Gasteiger partial charge in [-0.1, -0.05) is 27.2 Å². The van der Waals surface area contributed by atoms with Crippen molar-refractivity contribution in [3.63, 3.8) is 0 Å². The van der Waals surface area contributed by atoms with Crippen LogP contribution in [0.25, 0.3) is 0 Å². The third kappa shape index (κ3) is 7.57. The van der Waals surface area contributed by atoms with Crippen LogP contribution < -0.4 is 0 Å². The maximum Gasteiger partial charge on any atom is 0.119 e. The van der Waals surface area contributed by atoms with E-state index in [0.717, 1.165) is 31.0 Å². The first kappa shape index (κ1) is 10.7. The lowest BCUT2D eigenvalue weighted by atomic mass is 9.94. The van der Waals surface area contributed by atoms with Crippen LogP contribution in [0.3, 0.4) is 0 Å². The minimum Gasteiger partial charge on any atom is -0.303 e. The summed E-state index contributed by atoms with van der Waals surface area (Å²) in [5.41, 5.74) is 0. The average molecular weight is 156 g/mol. The Morgan fingerprint density at radius 2 is 1.91 bits per heavy atom. The number of hydrogen-bond acceptors (Lipinski definition) is 1. The van der Waals surface area contributed by atoms with Gasteiger partial charge in [-0.3, -0.25) is 0 Å². The fourth-order valence-electron chi connectivity index (χ4n) is 1.47. The molecule has 0 bridgehead atoms. The molecular formula is C10H20O. The van der Waals surface area contributed by atoms with Gasteiger partial charge in [-0.15, -0.1) is 0 Å². The molecule has 0 fully saturated rings. The lowest BCUT2D eigenvalue weighted by Gasteiger charge is -2.12. The van der Waals surface area contributed by atoms with E-state index < -0.39 is 0 Å². The second-order valence-electron chi connectivity index (χ2n) is 3.83. The Labute approximate surface area is 70.2 Å². The Kier molecular flexibility index (Phi) is 6.19. The van der Waals surface area contributed by atoms with Crippen molar-refractivity contribution in [3.8, 4) is 0 Å². The van der Waals surface area contributed by atoms with E-state index in [-0.39, 0.29) is 0 Å². The first-order chi connectivity index (χ1) is 5.16. The first-order valence-electron chi connectivity index (χ1n) is 4.60. The highest BCUT2D eigenvalue weighted by Crippen LogP contribution is 2.16. The number of rotatable bonds is 6. The molecule has 1 heteroatoms. The summed E-state index contributed by atoms with van der Waals surface area (Å²) >= 11 is 0. The molecule has 0 aromatic carbocycles. The molecule has 1 atom stereocenters. The minimum absolute atomic E-state index is 0.739. The molecule has 0 heterocycles. The summed E-state index contributed by atoms with van der Waals surface area (Å²) in [6, 6.07) is 0. The molecule has 0 N–H and O–H groups in total. The summed E-state index contributed by atoms with van der Waals surface area (Å²) < 4.78 is 0. The molecule has 0 aliphatic carbocycles. The molecule has 0 aromatic rings. The van der Waals surface area contributed by atoms with Gasteiger partial charge in [-0.2, -0.15) is 0 Å². The van der Waals surface area contributed by atoms with Crippen LogP contribution in [0.2, 0.25) is 0 Å². The fourth-order valence-corrected chi connectivity index (χ4v) is 1.47. The van der Waals surface area contributed by atoms with Gasteiger partial charge >= 0.3 is 0 Å². The van der Waals surface area contributed by atoms with Gasteiger partial charge in [0.05, 0.1) is 0 Å². The summed E-state index contributed by atoms with van der Waals surface area (Å²) in [5, 5.41) is 0. The quantitative estimate of drug-likeness (QED) is 0.426. The molecule has 0 aromatic heterocycles. The molecule has 66 valence electrons. The number of aldehydes is 1. The maximum absolute atomic E-state index is 10.0. The van der Waals surface area contributed by atoms with E-state index in [1.165, 1.54) is 12.8 Å². The minimum atomic E-state index is 0.739. The largest absolute Gasteiger partial charge is 0.303 e. The second kappa shape index (κ2) is 6.38. The summed E-state index contributed by atoms with van der Waals surface area (Å²) in [5.74, 6) is 1.58. The third-order valence-electron chi connectivity index (χ3n) is 1.89. The Hall–Kier alpha value is -0.330. The lowest BCUT2D eigenvalue weighted by Crippen LogP contribution is -1.99. The van der Waals surface area contributed by atoms with Gasteiger partial charge < -0.3 is 4.79 Å². The topological polar surface area (TPSA) is 17.1 Å². The predicted molar refractivity (Wildman–Crippen MR) is 48.5 cm³/mol. The zero-order valence-corrected chi connectivity index (χ0v) is 7.97. The van der Waals surface area contributed by atoms with Crippen molar-refractivity contribution in [3.05, 3.63) is 0 Å². The summed E-state index contributed by atoms with van der Waals surface area (Å²) in [4.78, 5) is 10.0. The van der Waals surface area contributed by atoms with Crippen LogP contribution in [-0.2, 0) is 4.79 Å². The van der Waals surface area contributed by atoms with Gasteiger partial charge in [0, 0.05) is 6.42 Å². The van der Waals surface area contributed by atoms with E-state index in [1.807, 2.05) is 0 Å². The van der Waals surface area contributed by atoms with Gasteiger partial charge in [-0.25, -0.2) is 0 Å². The van der Waals surface area contributed by atoms with Crippen molar-refractivity contribution in [1.82, 2.24) is 0 Å². The van der Waals surface area contributed by atoms with Gasteiger partial charge in [0.1, 0.15) is 6.29 Å². The van der Waals surface area contributed by atoms with E-state index in [9.17, 15) is 4.79 Å². The van der Waals surface area contributed by atoms with Gasteiger partial charge in [0.15, 0.2) is 0 Å². The maximum atomic E-state index is 10.0. The smallest absolute Gasteiger partial charge is 0.119 e. The van der Waals surface area contributed by atoms with Crippen LogP contribution in [0.5, 0.6) is 0 Å². The van der Waals surface area contributed by atoms with Crippen molar-refractivity contribution in [1.29, 1.82) is 0 Å². The third-order valence-corrected chi connectivity index (χ3v) is 1.89. The molecule has 0 aliphatic rings. The lowest BCUT2D eigenvalue weighted by molar-refractivity contribution is -0.107. The van der Waals surface area contributed by atoms with E-state index in [1.54, 1.807) is 0 Å². The van der Waals surface area contributed by atoms with Crippen LogP contribution in [0.4, 0.5) is 0 Å². The predicted octanol–water partition coefficient (Wildman–Crippen LogP) is 3.04. The molecule has 0 amide bonds. The molecule has 0 saturated heterocycles. The van der Waals surface area contributed by atoms with Crippen LogP contribution >= 0.6 is 0 Å². The number of unbranched alkanes of at least 4 members (excludes halogenated alkanes) is 1. The van der Waals surface area contributed by atoms with Crippen molar-refractivity contribution < 1.29 is 4.79 Å². The number of carbonyl (C=O) groups is 1. The van der Waals surface area contributed by atoms with Crippen molar-refractivity contribution >= 4 is 6.29 Å². The summed E-state index contributed by atoms with van der Waals surface area (Å²) in [6.07, 6.45) is 5.32. The first-order valence-corrected chi connectivity index (χ1v) is 4.60. The molecule has 1 nitrogen and oxygen atoms in total. The van der Waals surface area contributed by atoms with Crippen LogP contribution in [0.1, 0.15) is 46.5 Å². The molecular weight excluding hydrogens is 136 g/mol. The van der Waals surface area contributed by atoms with E-state index in [4.69, 9.17) is 0 Å². The zero-order valence-electron chi connectivity index (χ0n) is 7.97. The van der Waals surface area contributed by atoms with Crippen LogP contribution in [-0.4, -0.2) is 6.29 Å². The molecule has 0 radical (unpaired) electrons. The van der Waals surface area contributed by atoms with E-state index in [0.29, 0.717) is 0 Å². The highest BCUT2D eigenvalue weighted by molar-refractivity contribution is 5.48. The van der Waals surface area contributed by atoms with E-state index in [2.05, 4.69) is 20.8 Å². The highest BCUT2D eigenvalue weighted by atomic mass is 16.1. The van der Waals surface area contributed by atoms with Crippen molar-refractivity contribution in [2.45, 2.75) is 46.5 Å². The van der Waals surface area contributed by atoms with Gasteiger partial charge in [0.2, 0.25) is 0 Å². The van der Waals surface area contributed by atoms with Crippen LogP contribution in [0.15, 0.2) is 0 Å². The van der Waals surface area contributed by atoms with E-state index >= 15 is 0 Å². The molecule has 11 heavy (non-hydrogen) atoms. The molecule has 0 spiro atoms. The Morgan fingerprint density at radius 1 is 1.27 bits per heavy atom. The van der Waals surface area contributed by atoms with Gasteiger partial charge in [-0.05, 0) is 24.7 Å². The normalized spacial score (nSPS) is 13.5. The second-order valence-corrected chi connectivity index (χ2v) is 3.83. The Morgan fingerprint density at radius 3 is 2.36 bits per heavy atom. The molecule has 0 rings (SSSR count). The van der Waals surface area contributed by atoms with Crippen LogP contribution in [0, 0.1) is 11.8 Å². The summed E-state index contributed by atoms with van der Waals surface area (Å²) in [6.45, 7) is 6.76. The fraction of sp³-hybridized carbons (Fsp3) is 0.900. The van der Waals surface area contributed by atoms with Gasteiger partial charge in [0.25, 0.3) is 0 Å². The summed E-state index contributed by atoms with van der Waals surface area (Å²) in [7, 11) is 0. The van der Waals surface area contributed by atoms with Crippen molar-refractivity contribution in [2.24, 2.45) is 11.8 Å². The van der Waals surface area contributed by atoms with Crippen molar-refractivity contribution in [2.75, 3.05) is 0 Å². The molecule has 0 saturated carbocycles. The number of hydrogen-bond donors (Lipinski definition) is 0. The molecule has 1 unspecified atom stereocenters. The Balaban J connectivity index is 3.21. The monoisotopic (exact) mass is 156 g/mol. The zero-order chi connectivity index (χ0) is 8.69. The standard InChI is InChI=1S/C10H20O/c1-9(2)8-10(3)6-4-5-7-11/h7,9-10H,4-6,8H2,1-3H3. The highest BCUT2D eigenvalue weighted by Gasteiger charge is 2.03.